The molecule has 0 unspecified atom stereocenters. The highest BCUT2D eigenvalue weighted by molar-refractivity contribution is 9.10. The Morgan fingerprint density at radius 3 is 2.23 bits per heavy atom. The van der Waals surface area contributed by atoms with Crippen LogP contribution >= 0.6 is 15.9 Å². The highest BCUT2D eigenvalue weighted by Crippen LogP contribution is 2.16. The molecule has 0 radical (unpaired) electrons. The molecule has 1 atom stereocenters. The number of nitrogens with one attached hydrogen (secondary N) is 1. The summed E-state index contributed by atoms with van der Waals surface area (Å²) in [4.78, 5) is 14.3. The monoisotopic (exact) mass is 388 g/mol. The number of amides is 1. The van der Waals surface area contributed by atoms with Gasteiger partial charge in [0.1, 0.15) is 0 Å². The fraction of sp³-hybridized carbons (Fsp3) is 0.533. The number of likely N-dealkylation sites (tertiary alicyclic amines) is 1. The van der Waals surface area contributed by atoms with Gasteiger partial charge in [0.15, 0.2) is 0 Å². The fourth-order valence-corrected chi connectivity index (χ4v) is 3.99. The summed E-state index contributed by atoms with van der Waals surface area (Å²) >= 11 is 3.27. The van der Waals surface area contributed by atoms with Crippen molar-refractivity contribution in [2.24, 2.45) is 0 Å². The third kappa shape index (κ3) is 4.54. The molecule has 1 amide bonds. The van der Waals surface area contributed by atoms with Crippen molar-refractivity contribution in [1.82, 2.24) is 9.62 Å². The van der Waals surface area contributed by atoms with E-state index < -0.39 is 16.1 Å². The van der Waals surface area contributed by atoms with Crippen molar-refractivity contribution in [1.29, 1.82) is 0 Å². The Morgan fingerprint density at radius 1 is 1.14 bits per heavy atom. The highest BCUT2D eigenvalue weighted by Gasteiger charge is 2.26. The predicted molar refractivity (Wildman–Crippen MR) is 89.0 cm³/mol. The van der Waals surface area contributed by atoms with Crippen molar-refractivity contribution >= 4 is 31.9 Å². The van der Waals surface area contributed by atoms with Crippen LogP contribution in [0.2, 0.25) is 0 Å². The summed E-state index contributed by atoms with van der Waals surface area (Å²) in [6.45, 7) is 3.02. The van der Waals surface area contributed by atoms with Crippen LogP contribution in [0, 0.1) is 0 Å². The molecule has 5 nitrogen and oxygen atoms in total. The van der Waals surface area contributed by atoms with Gasteiger partial charge in [-0.2, -0.15) is 4.72 Å². The zero-order valence-electron chi connectivity index (χ0n) is 12.6. The van der Waals surface area contributed by atoms with E-state index in [0.29, 0.717) is 13.1 Å². The number of hydrogen-bond donors (Lipinski definition) is 1. The molecule has 0 aromatic heterocycles. The quantitative estimate of drug-likeness (QED) is 0.861. The van der Waals surface area contributed by atoms with Crippen LogP contribution in [0.4, 0.5) is 0 Å². The number of nitrogens with zero attached hydrogens (tertiary/aromatic N) is 1. The minimum absolute atomic E-state index is 0.150. The molecule has 22 heavy (non-hydrogen) atoms. The number of benzene rings is 1. The average Bonchev–Trinajstić information content (AvgIpc) is 2.75. The molecule has 0 saturated carbocycles. The van der Waals surface area contributed by atoms with Gasteiger partial charge in [-0.1, -0.05) is 28.8 Å². The van der Waals surface area contributed by atoms with Gasteiger partial charge in [0.05, 0.1) is 10.9 Å². The van der Waals surface area contributed by atoms with Gasteiger partial charge in [-0.3, -0.25) is 4.79 Å². The second-order valence-corrected chi connectivity index (χ2v) is 8.17. The van der Waals surface area contributed by atoms with Crippen molar-refractivity contribution in [3.63, 3.8) is 0 Å². The minimum Gasteiger partial charge on any atom is -0.341 e. The molecule has 0 aliphatic carbocycles. The Kier molecular flexibility index (Phi) is 6.00. The summed E-state index contributed by atoms with van der Waals surface area (Å²) in [5.74, 6) is -0.150. The third-order valence-electron chi connectivity index (χ3n) is 3.74. The minimum atomic E-state index is -3.69. The average molecular weight is 389 g/mol. The van der Waals surface area contributed by atoms with E-state index in [2.05, 4.69) is 20.7 Å². The van der Waals surface area contributed by atoms with Gasteiger partial charge in [-0.05, 0) is 44.0 Å². The van der Waals surface area contributed by atoms with E-state index in [4.69, 9.17) is 0 Å². The zero-order chi connectivity index (χ0) is 16.2. The SMILES string of the molecule is C[C@@H](NS(=O)(=O)c1ccc(Br)cc1)C(=O)N1CCCCCC1. The Bertz CT molecular complexity index is 608. The smallest absolute Gasteiger partial charge is 0.241 e. The molecule has 1 aliphatic rings. The molecule has 1 aliphatic heterocycles. The van der Waals surface area contributed by atoms with Crippen molar-refractivity contribution in [2.45, 2.75) is 43.5 Å². The van der Waals surface area contributed by atoms with Crippen molar-refractivity contribution < 1.29 is 13.2 Å². The highest BCUT2D eigenvalue weighted by atomic mass is 79.9. The molecule has 2 rings (SSSR count). The number of rotatable bonds is 4. The van der Waals surface area contributed by atoms with E-state index in [1.54, 1.807) is 24.0 Å². The van der Waals surface area contributed by atoms with E-state index in [-0.39, 0.29) is 10.8 Å². The predicted octanol–water partition coefficient (Wildman–Crippen LogP) is 2.52. The maximum atomic E-state index is 12.4. The first-order chi connectivity index (χ1) is 10.4. The topological polar surface area (TPSA) is 66.5 Å². The largest absolute Gasteiger partial charge is 0.341 e. The lowest BCUT2D eigenvalue weighted by Gasteiger charge is -2.24. The first-order valence-electron chi connectivity index (χ1n) is 7.47. The van der Waals surface area contributed by atoms with Crippen molar-refractivity contribution in [3.05, 3.63) is 28.7 Å². The first-order valence-corrected chi connectivity index (χ1v) is 9.74. The molecular weight excluding hydrogens is 368 g/mol. The van der Waals surface area contributed by atoms with Crippen LogP contribution in [0.25, 0.3) is 0 Å². The van der Waals surface area contributed by atoms with Crippen LogP contribution in [0.5, 0.6) is 0 Å². The van der Waals surface area contributed by atoms with E-state index in [1.165, 1.54) is 12.1 Å². The van der Waals surface area contributed by atoms with Gasteiger partial charge in [-0.25, -0.2) is 8.42 Å². The number of hydrogen-bond acceptors (Lipinski definition) is 3. The summed E-state index contributed by atoms with van der Waals surface area (Å²) in [7, 11) is -3.69. The number of carbonyl (C=O) groups excluding carboxylic acids is 1. The van der Waals surface area contributed by atoms with E-state index in [9.17, 15) is 13.2 Å². The Hall–Kier alpha value is -0.920. The van der Waals surface area contributed by atoms with Gasteiger partial charge in [0.25, 0.3) is 0 Å². The molecule has 1 aromatic carbocycles. The van der Waals surface area contributed by atoms with Crippen LogP contribution in [-0.4, -0.2) is 38.4 Å². The summed E-state index contributed by atoms with van der Waals surface area (Å²) in [5.41, 5.74) is 0. The second-order valence-electron chi connectivity index (χ2n) is 5.54. The molecule has 1 N–H and O–H groups in total. The molecule has 7 heteroatoms. The van der Waals surface area contributed by atoms with E-state index in [0.717, 1.165) is 30.2 Å². The second kappa shape index (κ2) is 7.57. The van der Waals surface area contributed by atoms with Crippen molar-refractivity contribution in [3.8, 4) is 0 Å². The molecule has 0 bridgehead atoms. The van der Waals surface area contributed by atoms with Crippen molar-refractivity contribution in [2.75, 3.05) is 13.1 Å². The standard InChI is InChI=1S/C15H21BrN2O3S/c1-12(15(19)18-10-4-2-3-5-11-18)17-22(20,21)14-8-6-13(16)7-9-14/h6-9,12,17H,2-5,10-11H2,1H3/t12-/m1/s1. The normalized spacial score (nSPS) is 17.8. The zero-order valence-corrected chi connectivity index (χ0v) is 15.0. The lowest BCUT2D eigenvalue weighted by Crippen LogP contribution is -2.47. The fourth-order valence-electron chi connectivity index (χ4n) is 2.53. The van der Waals surface area contributed by atoms with Gasteiger partial charge in [0, 0.05) is 17.6 Å². The lowest BCUT2D eigenvalue weighted by atomic mass is 10.2. The first kappa shape index (κ1) is 17.4. The maximum Gasteiger partial charge on any atom is 0.241 e. The lowest BCUT2D eigenvalue weighted by molar-refractivity contribution is -0.132. The Labute approximate surface area is 140 Å². The van der Waals surface area contributed by atoms with Crippen LogP contribution in [-0.2, 0) is 14.8 Å². The Morgan fingerprint density at radius 2 is 1.68 bits per heavy atom. The Balaban J connectivity index is 2.04. The molecular formula is C15H21BrN2O3S. The number of carbonyl (C=O) groups is 1. The van der Waals surface area contributed by atoms with Gasteiger partial charge >= 0.3 is 0 Å². The molecule has 122 valence electrons. The number of sulfonamides is 1. The molecule has 1 aromatic rings. The molecule has 1 fully saturated rings. The molecule has 0 spiro atoms. The number of halogens is 1. The van der Waals surface area contributed by atoms with E-state index in [1.807, 2.05) is 0 Å². The van der Waals surface area contributed by atoms with Gasteiger partial charge in [0.2, 0.25) is 15.9 Å². The van der Waals surface area contributed by atoms with Gasteiger partial charge in [-0.15, -0.1) is 0 Å². The third-order valence-corrected chi connectivity index (χ3v) is 5.83. The summed E-state index contributed by atoms with van der Waals surface area (Å²) in [6.07, 6.45) is 4.22. The maximum absolute atomic E-state index is 12.4. The van der Waals surface area contributed by atoms with Crippen LogP contribution in [0.15, 0.2) is 33.6 Å². The van der Waals surface area contributed by atoms with E-state index >= 15 is 0 Å². The summed E-state index contributed by atoms with van der Waals surface area (Å²) in [6, 6.07) is 5.59. The van der Waals surface area contributed by atoms with Crippen LogP contribution in [0.3, 0.4) is 0 Å². The van der Waals surface area contributed by atoms with Gasteiger partial charge < -0.3 is 4.90 Å². The molecule has 1 heterocycles. The summed E-state index contributed by atoms with van der Waals surface area (Å²) < 4.78 is 27.9. The van der Waals surface area contributed by atoms with Crippen LogP contribution < -0.4 is 4.72 Å². The molecule has 1 saturated heterocycles. The summed E-state index contributed by atoms with van der Waals surface area (Å²) in [5, 5.41) is 0. The van der Waals surface area contributed by atoms with Crippen LogP contribution in [0.1, 0.15) is 32.6 Å².